The minimum Gasteiger partial charge on any atom is -0.348 e. The molecule has 0 bridgehead atoms. The van der Waals surface area contributed by atoms with Crippen molar-refractivity contribution in [3.05, 3.63) is 94.5 Å². The van der Waals surface area contributed by atoms with Crippen LogP contribution in [0.15, 0.2) is 71.6 Å². The second kappa shape index (κ2) is 9.40. The molecule has 33 heavy (non-hydrogen) atoms. The summed E-state index contributed by atoms with van der Waals surface area (Å²) in [6, 6.07) is 19.9. The van der Waals surface area contributed by atoms with Crippen molar-refractivity contribution in [2.45, 2.75) is 51.0 Å². The van der Waals surface area contributed by atoms with Gasteiger partial charge in [0.15, 0.2) is 0 Å². The molecule has 1 aliphatic rings. The van der Waals surface area contributed by atoms with Gasteiger partial charge >= 0.3 is 0 Å². The fourth-order valence-corrected chi connectivity index (χ4v) is 5.92. The Hall–Kier alpha value is -3.12. The van der Waals surface area contributed by atoms with Crippen LogP contribution in [0.5, 0.6) is 0 Å². The number of benzene rings is 3. The summed E-state index contributed by atoms with van der Waals surface area (Å²) in [4.78, 5) is 13.2. The van der Waals surface area contributed by atoms with Gasteiger partial charge in [-0.15, -0.1) is 0 Å². The van der Waals surface area contributed by atoms with Crippen molar-refractivity contribution in [1.29, 1.82) is 0 Å². The summed E-state index contributed by atoms with van der Waals surface area (Å²) in [5.74, 6) is -0.346. The van der Waals surface area contributed by atoms with E-state index in [0.717, 1.165) is 29.5 Å². The van der Waals surface area contributed by atoms with Crippen molar-refractivity contribution in [2.24, 2.45) is 0 Å². The van der Waals surface area contributed by atoms with Crippen LogP contribution in [0.4, 0.5) is 5.69 Å². The van der Waals surface area contributed by atoms with Crippen molar-refractivity contribution in [2.75, 3.05) is 10.8 Å². The zero-order chi connectivity index (χ0) is 23.6. The molecule has 0 spiro atoms. The number of hydrogen-bond acceptors (Lipinski definition) is 3. The third kappa shape index (κ3) is 5.11. The first-order chi connectivity index (χ1) is 15.7. The number of nitrogens with zero attached hydrogens (tertiary/aromatic N) is 1. The topological polar surface area (TPSA) is 66.5 Å². The van der Waals surface area contributed by atoms with Crippen molar-refractivity contribution < 1.29 is 13.2 Å². The molecule has 0 fully saturated rings. The number of carbonyl (C=O) groups is 1. The third-order valence-electron chi connectivity index (χ3n) is 6.11. The minimum atomic E-state index is -3.92. The minimum absolute atomic E-state index is 0.156. The Labute approximate surface area is 196 Å². The van der Waals surface area contributed by atoms with E-state index in [1.807, 2.05) is 26.8 Å². The monoisotopic (exact) mass is 462 g/mol. The van der Waals surface area contributed by atoms with E-state index >= 15 is 0 Å². The molecule has 172 valence electrons. The Morgan fingerprint density at radius 3 is 2.30 bits per heavy atom. The number of carbonyl (C=O) groups excluding carboxylic acids is 1. The lowest BCUT2D eigenvalue weighted by molar-refractivity contribution is -0.120. The van der Waals surface area contributed by atoms with Crippen LogP contribution in [-0.2, 0) is 27.7 Å². The van der Waals surface area contributed by atoms with Crippen molar-refractivity contribution in [1.82, 2.24) is 5.32 Å². The van der Waals surface area contributed by atoms with Gasteiger partial charge in [-0.05, 0) is 92.1 Å². The van der Waals surface area contributed by atoms with Gasteiger partial charge in [0.1, 0.15) is 6.54 Å². The highest BCUT2D eigenvalue weighted by molar-refractivity contribution is 7.92. The molecular weight excluding hydrogens is 432 g/mol. The summed E-state index contributed by atoms with van der Waals surface area (Å²) in [5, 5.41) is 3.00. The van der Waals surface area contributed by atoms with Gasteiger partial charge in [0, 0.05) is 0 Å². The van der Waals surface area contributed by atoms with Crippen LogP contribution in [0.1, 0.15) is 47.2 Å². The van der Waals surface area contributed by atoms with Gasteiger partial charge in [0.25, 0.3) is 10.0 Å². The maximum absolute atomic E-state index is 13.5. The van der Waals surface area contributed by atoms with E-state index in [-0.39, 0.29) is 23.4 Å². The molecule has 5 nitrogen and oxygen atoms in total. The van der Waals surface area contributed by atoms with Crippen LogP contribution in [0.2, 0.25) is 0 Å². The average molecular weight is 463 g/mol. The molecule has 1 atom stereocenters. The molecule has 1 aliphatic carbocycles. The Bertz CT molecular complexity index is 1250. The number of anilines is 1. The summed E-state index contributed by atoms with van der Waals surface area (Å²) in [6.07, 6.45) is 3.35. The van der Waals surface area contributed by atoms with Gasteiger partial charge in [-0.2, -0.15) is 0 Å². The summed E-state index contributed by atoms with van der Waals surface area (Å²) in [5.41, 5.74) is 6.12. The van der Waals surface area contributed by atoms with Gasteiger partial charge in [0.05, 0.1) is 16.6 Å². The molecular formula is C27H30N2O3S. The molecule has 0 aliphatic heterocycles. The summed E-state index contributed by atoms with van der Waals surface area (Å²) in [6.45, 7) is 5.47. The Morgan fingerprint density at radius 1 is 0.939 bits per heavy atom. The molecule has 0 unspecified atom stereocenters. The molecule has 1 amide bonds. The smallest absolute Gasteiger partial charge is 0.264 e. The lowest BCUT2D eigenvalue weighted by atomic mass is 10.0. The Morgan fingerprint density at radius 2 is 1.61 bits per heavy atom. The summed E-state index contributed by atoms with van der Waals surface area (Å²) in [7, 11) is -3.92. The van der Waals surface area contributed by atoms with E-state index in [2.05, 4.69) is 23.5 Å². The van der Waals surface area contributed by atoms with Crippen LogP contribution >= 0.6 is 0 Å². The number of hydrogen-bond donors (Lipinski definition) is 1. The molecule has 0 saturated heterocycles. The summed E-state index contributed by atoms with van der Waals surface area (Å²) >= 11 is 0. The van der Waals surface area contributed by atoms with E-state index in [0.29, 0.717) is 5.69 Å². The predicted octanol–water partition coefficient (Wildman–Crippen LogP) is 4.86. The molecule has 6 heteroatoms. The highest BCUT2D eigenvalue weighted by Gasteiger charge is 2.28. The predicted molar refractivity (Wildman–Crippen MR) is 132 cm³/mol. The fourth-order valence-electron chi connectivity index (χ4n) is 4.49. The molecule has 4 rings (SSSR count). The van der Waals surface area contributed by atoms with Crippen molar-refractivity contribution in [3.8, 4) is 0 Å². The van der Waals surface area contributed by atoms with Gasteiger partial charge in [0.2, 0.25) is 5.91 Å². The second-order valence-corrected chi connectivity index (χ2v) is 10.7. The number of fused-ring (bicyclic) bond motifs is 1. The van der Waals surface area contributed by atoms with Crippen LogP contribution in [0.3, 0.4) is 0 Å². The van der Waals surface area contributed by atoms with Crippen molar-refractivity contribution >= 4 is 21.6 Å². The molecule has 3 aromatic rings. The lowest BCUT2D eigenvalue weighted by Crippen LogP contribution is -2.41. The van der Waals surface area contributed by atoms with E-state index in [9.17, 15) is 13.2 Å². The first kappa shape index (κ1) is 23.1. The molecule has 1 N–H and O–H groups in total. The molecule has 0 heterocycles. The van der Waals surface area contributed by atoms with E-state index in [4.69, 9.17) is 0 Å². The van der Waals surface area contributed by atoms with E-state index in [1.54, 1.807) is 42.5 Å². The number of aryl methyl sites for hydroxylation is 4. The lowest BCUT2D eigenvalue weighted by Gasteiger charge is -2.26. The zero-order valence-corrected chi connectivity index (χ0v) is 20.2. The Kier molecular flexibility index (Phi) is 6.56. The quantitative estimate of drug-likeness (QED) is 0.545. The number of amides is 1. The Balaban J connectivity index is 1.60. The highest BCUT2D eigenvalue weighted by Crippen LogP contribution is 2.27. The van der Waals surface area contributed by atoms with Gasteiger partial charge in [-0.3, -0.25) is 9.10 Å². The first-order valence-electron chi connectivity index (χ1n) is 11.3. The first-order valence-corrected chi connectivity index (χ1v) is 12.8. The van der Waals surface area contributed by atoms with Crippen molar-refractivity contribution in [3.63, 3.8) is 0 Å². The normalized spacial score (nSPS) is 13.9. The summed E-state index contributed by atoms with van der Waals surface area (Å²) < 4.78 is 28.2. The van der Waals surface area contributed by atoms with Crippen LogP contribution in [0.25, 0.3) is 0 Å². The zero-order valence-electron chi connectivity index (χ0n) is 19.3. The van der Waals surface area contributed by atoms with E-state index < -0.39 is 10.0 Å². The average Bonchev–Trinajstić information content (AvgIpc) is 3.25. The molecule has 0 aromatic heterocycles. The van der Waals surface area contributed by atoms with Gasteiger partial charge < -0.3 is 5.32 Å². The number of rotatable bonds is 7. The maximum Gasteiger partial charge on any atom is 0.264 e. The van der Waals surface area contributed by atoms with Crippen LogP contribution in [-0.4, -0.2) is 20.9 Å². The van der Waals surface area contributed by atoms with E-state index in [1.165, 1.54) is 21.9 Å². The molecule has 3 aromatic carbocycles. The second-order valence-electron chi connectivity index (χ2n) is 8.84. The SMILES string of the molecule is Cc1cc(C)cc(N(CC(=O)N[C@@H](C)c2ccc3c(c2)CCC3)S(=O)(=O)c2ccccc2)c1. The number of nitrogens with one attached hydrogen (secondary N) is 1. The molecule has 0 radical (unpaired) electrons. The third-order valence-corrected chi connectivity index (χ3v) is 7.90. The van der Waals surface area contributed by atoms with Crippen LogP contribution < -0.4 is 9.62 Å². The van der Waals surface area contributed by atoms with Gasteiger partial charge in [-0.25, -0.2) is 8.42 Å². The largest absolute Gasteiger partial charge is 0.348 e. The maximum atomic E-state index is 13.5. The van der Waals surface area contributed by atoms with Crippen LogP contribution in [0, 0.1) is 13.8 Å². The van der Waals surface area contributed by atoms with Gasteiger partial charge in [-0.1, -0.05) is 42.5 Å². The fraction of sp³-hybridized carbons (Fsp3) is 0.296. The number of sulfonamides is 1. The highest BCUT2D eigenvalue weighted by atomic mass is 32.2. The molecule has 0 saturated carbocycles. The standard InChI is InChI=1S/C27H30N2O3S/c1-19-14-20(2)16-25(15-19)29(33(31,32)26-10-5-4-6-11-26)18-27(30)28-21(3)23-13-12-22-8-7-9-24(22)17-23/h4-6,10-17,21H,7-9,18H2,1-3H3,(H,28,30)/t21-/m0/s1.